The highest BCUT2D eigenvalue weighted by molar-refractivity contribution is 5.95. The lowest BCUT2D eigenvalue weighted by molar-refractivity contribution is 0.342. The first kappa shape index (κ1) is 24.0. The molecule has 0 aliphatic rings. The minimum absolute atomic E-state index is 0.0251. The second kappa shape index (κ2) is 9.62. The second-order valence-electron chi connectivity index (χ2n) is 11.0. The highest BCUT2D eigenvalue weighted by atomic mass is 15.0. The molecule has 0 amide bonds. The van der Waals surface area contributed by atoms with Crippen molar-refractivity contribution in [3.05, 3.63) is 95.7 Å². The number of para-hydroxylation sites is 1. The third kappa shape index (κ3) is 4.87. The summed E-state index contributed by atoms with van der Waals surface area (Å²) in [6.45, 7) is 16.0. The number of nitrogens with zero attached hydrogens (tertiary/aromatic N) is 1. The third-order valence-corrected chi connectivity index (χ3v) is 6.66. The Morgan fingerprint density at radius 3 is 1.91 bits per heavy atom. The molecular weight excluding hydrogens is 412 g/mol. The second-order valence-corrected chi connectivity index (χ2v) is 11.0. The van der Waals surface area contributed by atoms with Gasteiger partial charge >= 0.3 is 0 Å². The molecule has 1 N–H and O–H groups in total. The zero-order valence-corrected chi connectivity index (χ0v) is 21.7. The molecule has 1 unspecified atom stereocenters. The quantitative estimate of drug-likeness (QED) is 0.316. The van der Waals surface area contributed by atoms with E-state index >= 15 is 0 Å². The van der Waals surface area contributed by atoms with Crippen LogP contribution >= 0.6 is 0 Å². The van der Waals surface area contributed by atoms with Gasteiger partial charge in [-0.15, -0.1) is 0 Å². The summed E-state index contributed by atoms with van der Waals surface area (Å²) in [5.41, 5.74) is 7.25. The fourth-order valence-electron chi connectivity index (χ4n) is 4.81. The summed E-state index contributed by atoms with van der Waals surface area (Å²) in [7, 11) is 0. The van der Waals surface area contributed by atoms with E-state index in [0.29, 0.717) is 11.8 Å². The average Bonchev–Trinajstić information content (AvgIpc) is 2.81. The van der Waals surface area contributed by atoms with Crippen LogP contribution in [0.5, 0.6) is 0 Å². The lowest BCUT2D eigenvalue weighted by atomic mass is 9.83. The van der Waals surface area contributed by atoms with E-state index in [9.17, 15) is 0 Å². The maximum absolute atomic E-state index is 5.24. The molecule has 1 heterocycles. The largest absolute Gasteiger partial charge is 0.376 e. The Balaban J connectivity index is 1.83. The minimum atomic E-state index is -0.0251. The van der Waals surface area contributed by atoms with Gasteiger partial charge in [-0.25, -0.2) is 0 Å². The molecular formula is C32H38N2. The highest BCUT2D eigenvalue weighted by Gasteiger charge is 2.29. The van der Waals surface area contributed by atoms with Crippen molar-refractivity contribution < 1.29 is 0 Å². The fraction of sp³-hybridized carbons (Fsp3) is 0.344. The van der Waals surface area contributed by atoms with Gasteiger partial charge in [0, 0.05) is 11.3 Å². The van der Waals surface area contributed by atoms with Crippen molar-refractivity contribution in [3.63, 3.8) is 0 Å². The van der Waals surface area contributed by atoms with E-state index in [1.54, 1.807) is 0 Å². The number of nitrogens with one attached hydrogen (secondary N) is 1. The van der Waals surface area contributed by atoms with Crippen molar-refractivity contribution in [3.8, 4) is 11.3 Å². The van der Waals surface area contributed by atoms with Crippen molar-refractivity contribution in [1.29, 1.82) is 0 Å². The molecule has 34 heavy (non-hydrogen) atoms. The van der Waals surface area contributed by atoms with Crippen molar-refractivity contribution in [2.75, 3.05) is 5.32 Å². The summed E-state index contributed by atoms with van der Waals surface area (Å²) in [5, 5.41) is 6.47. The highest BCUT2D eigenvalue weighted by Crippen LogP contribution is 2.41. The van der Waals surface area contributed by atoms with E-state index in [1.165, 1.54) is 33.2 Å². The molecule has 0 saturated carbocycles. The van der Waals surface area contributed by atoms with Crippen LogP contribution in [0.2, 0.25) is 0 Å². The van der Waals surface area contributed by atoms with Crippen LogP contribution in [0.1, 0.15) is 83.2 Å². The molecule has 1 atom stereocenters. The van der Waals surface area contributed by atoms with Crippen molar-refractivity contribution in [1.82, 2.24) is 4.98 Å². The predicted molar refractivity (Wildman–Crippen MR) is 148 cm³/mol. The van der Waals surface area contributed by atoms with Crippen LogP contribution < -0.4 is 5.32 Å². The van der Waals surface area contributed by atoms with Crippen LogP contribution in [0.4, 0.5) is 5.69 Å². The number of hydrogen-bond acceptors (Lipinski definition) is 2. The molecule has 1 aromatic heterocycles. The van der Waals surface area contributed by atoms with Gasteiger partial charge in [-0.3, -0.25) is 4.98 Å². The molecule has 2 nitrogen and oxygen atoms in total. The Morgan fingerprint density at radius 2 is 1.26 bits per heavy atom. The SMILES string of the molecule is CC(C)c1cccc(C(C)C)c1NC(c1cccc(-c2cccc3ccccc23)n1)C(C)(C)C. The van der Waals surface area contributed by atoms with Gasteiger partial charge < -0.3 is 5.32 Å². The van der Waals surface area contributed by atoms with Gasteiger partial charge in [-0.05, 0) is 51.3 Å². The molecule has 0 aliphatic carbocycles. The fourth-order valence-corrected chi connectivity index (χ4v) is 4.81. The molecule has 0 saturated heterocycles. The van der Waals surface area contributed by atoms with Gasteiger partial charge in [0.1, 0.15) is 0 Å². The first-order valence-electron chi connectivity index (χ1n) is 12.5. The number of anilines is 1. The van der Waals surface area contributed by atoms with Gasteiger partial charge in [0.15, 0.2) is 0 Å². The normalized spacial score (nSPS) is 13.0. The number of fused-ring (bicyclic) bond motifs is 1. The van der Waals surface area contributed by atoms with Crippen LogP contribution in [0.25, 0.3) is 22.0 Å². The van der Waals surface area contributed by atoms with Gasteiger partial charge in [0.05, 0.1) is 17.4 Å². The summed E-state index contributed by atoms with van der Waals surface area (Å²) < 4.78 is 0. The molecule has 4 rings (SSSR count). The average molecular weight is 451 g/mol. The van der Waals surface area contributed by atoms with Crippen molar-refractivity contribution in [2.45, 2.75) is 66.3 Å². The summed E-state index contributed by atoms with van der Waals surface area (Å²) in [6, 6.07) is 28.3. The van der Waals surface area contributed by atoms with E-state index in [0.717, 1.165) is 11.4 Å². The maximum atomic E-state index is 5.24. The smallest absolute Gasteiger partial charge is 0.0733 e. The maximum Gasteiger partial charge on any atom is 0.0733 e. The van der Waals surface area contributed by atoms with E-state index in [-0.39, 0.29) is 11.5 Å². The van der Waals surface area contributed by atoms with Gasteiger partial charge in [-0.2, -0.15) is 0 Å². The van der Waals surface area contributed by atoms with E-state index < -0.39 is 0 Å². The summed E-state index contributed by atoms with van der Waals surface area (Å²) in [6.07, 6.45) is 0. The Bertz CT molecular complexity index is 1250. The van der Waals surface area contributed by atoms with E-state index in [2.05, 4.69) is 133 Å². The van der Waals surface area contributed by atoms with Crippen LogP contribution in [0, 0.1) is 5.41 Å². The lowest BCUT2D eigenvalue weighted by Crippen LogP contribution is -2.28. The number of pyridine rings is 1. The molecule has 3 aromatic carbocycles. The van der Waals surface area contributed by atoms with Crippen LogP contribution in [0.3, 0.4) is 0 Å². The molecule has 0 aliphatic heterocycles. The molecule has 2 heteroatoms. The van der Waals surface area contributed by atoms with Crippen LogP contribution in [-0.4, -0.2) is 4.98 Å². The number of rotatable bonds is 6. The molecule has 0 bridgehead atoms. The third-order valence-electron chi connectivity index (χ3n) is 6.66. The van der Waals surface area contributed by atoms with E-state index in [4.69, 9.17) is 4.98 Å². The van der Waals surface area contributed by atoms with E-state index in [1.807, 2.05) is 0 Å². The first-order chi connectivity index (χ1) is 16.2. The summed E-state index contributed by atoms with van der Waals surface area (Å²) in [5.74, 6) is 0.883. The van der Waals surface area contributed by atoms with Gasteiger partial charge in [0.2, 0.25) is 0 Å². The monoisotopic (exact) mass is 450 g/mol. The van der Waals surface area contributed by atoms with Crippen LogP contribution in [-0.2, 0) is 0 Å². The zero-order valence-electron chi connectivity index (χ0n) is 21.7. The lowest BCUT2D eigenvalue weighted by Gasteiger charge is -2.34. The molecule has 4 aromatic rings. The first-order valence-corrected chi connectivity index (χ1v) is 12.5. The number of benzene rings is 3. The van der Waals surface area contributed by atoms with Gasteiger partial charge in [-0.1, -0.05) is 115 Å². The topological polar surface area (TPSA) is 24.9 Å². The Kier molecular flexibility index (Phi) is 6.79. The zero-order chi connectivity index (χ0) is 24.5. The Morgan fingerprint density at radius 1 is 0.676 bits per heavy atom. The molecule has 176 valence electrons. The van der Waals surface area contributed by atoms with Crippen LogP contribution in [0.15, 0.2) is 78.9 Å². The summed E-state index contributed by atoms with van der Waals surface area (Å²) in [4.78, 5) is 5.24. The van der Waals surface area contributed by atoms with Gasteiger partial charge in [0.25, 0.3) is 0 Å². The number of aromatic nitrogens is 1. The predicted octanol–water partition coefficient (Wildman–Crippen LogP) is 9.35. The number of hydrogen-bond donors (Lipinski definition) is 1. The standard InChI is InChI=1S/C32H38N2/c1-21(2)24-16-11-17-25(22(3)4)30(24)34-31(32(5,6)7)29-20-12-19-28(33-29)27-18-10-14-23-13-8-9-15-26(23)27/h8-22,31,34H,1-7H3. The minimum Gasteiger partial charge on any atom is -0.376 e. The van der Waals surface area contributed by atoms with Crippen molar-refractivity contribution in [2.24, 2.45) is 5.41 Å². The molecule has 0 spiro atoms. The molecule has 0 fully saturated rings. The Labute approximate surface area is 205 Å². The Hall–Kier alpha value is -3.13. The molecule has 0 radical (unpaired) electrons. The van der Waals surface area contributed by atoms with Crippen molar-refractivity contribution >= 4 is 16.5 Å². The summed E-state index contributed by atoms with van der Waals surface area (Å²) >= 11 is 0.